The van der Waals surface area contributed by atoms with Crippen LogP contribution in [0.2, 0.25) is 0 Å². The Kier molecular flexibility index (Phi) is 4.04. The molecule has 0 saturated heterocycles. The van der Waals surface area contributed by atoms with Crippen LogP contribution in [0.15, 0.2) is 6.33 Å². The summed E-state index contributed by atoms with van der Waals surface area (Å²) in [5, 5.41) is 1.19. The van der Waals surface area contributed by atoms with Crippen LogP contribution in [-0.4, -0.2) is 41.1 Å². The van der Waals surface area contributed by atoms with Crippen molar-refractivity contribution in [1.29, 1.82) is 0 Å². The maximum atomic E-state index is 6.41. The molecule has 0 aliphatic heterocycles. The second kappa shape index (κ2) is 5.95. The molecule has 2 heterocycles. The SMILES string of the molecule is CN(C)C1CCC(Oc2ncnc3sc4c(c23)C(C)(C)CC4)CC1. The van der Waals surface area contributed by atoms with Crippen molar-refractivity contribution in [3.05, 3.63) is 16.8 Å². The van der Waals surface area contributed by atoms with Crippen molar-refractivity contribution in [2.75, 3.05) is 14.1 Å². The molecule has 2 aromatic heterocycles. The van der Waals surface area contributed by atoms with Gasteiger partial charge in [-0.3, -0.25) is 0 Å². The van der Waals surface area contributed by atoms with Crippen molar-refractivity contribution in [1.82, 2.24) is 14.9 Å². The molecule has 1 fully saturated rings. The topological polar surface area (TPSA) is 38.2 Å². The number of nitrogens with zero attached hydrogens (tertiary/aromatic N) is 3. The monoisotopic (exact) mass is 345 g/mol. The van der Waals surface area contributed by atoms with E-state index in [1.807, 2.05) is 11.3 Å². The fourth-order valence-corrected chi connectivity index (χ4v) is 5.63. The summed E-state index contributed by atoms with van der Waals surface area (Å²) in [6.07, 6.45) is 8.98. The van der Waals surface area contributed by atoms with Gasteiger partial charge >= 0.3 is 0 Å². The summed E-state index contributed by atoms with van der Waals surface area (Å²) in [7, 11) is 4.35. The van der Waals surface area contributed by atoms with Gasteiger partial charge in [-0.25, -0.2) is 9.97 Å². The molecule has 0 radical (unpaired) electrons. The first-order valence-corrected chi connectivity index (χ1v) is 9.87. The molecule has 1 saturated carbocycles. The van der Waals surface area contributed by atoms with Crippen molar-refractivity contribution in [3.63, 3.8) is 0 Å². The number of fused-ring (bicyclic) bond motifs is 3. The van der Waals surface area contributed by atoms with Gasteiger partial charge in [-0.05, 0) is 63.6 Å². The van der Waals surface area contributed by atoms with Crippen LogP contribution in [0.25, 0.3) is 10.2 Å². The minimum Gasteiger partial charge on any atom is -0.474 e. The molecule has 0 unspecified atom stereocenters. The normalized spacial score (nSPS) is 26.0. The minimum atomic E-state index is 0.207. The van der Waals surface area contributed by atoms with E-state index in [2.05, 4.69) is 42.8 Å². The molecule has 4 rings (SSSR count). The Morgan fingerprint density at radius 2 is 1.92 bits per heavy atom. The van der Waals surface area contributed by atoms with E-state index in [1.54, 1.807) is 6.33 Å². The third-order valence-corrected chi connectivity index (χ3v) is 6.99. The highest BCUT2D eigenvalue weighted by Gasteiger charge is 2.36. The maximum absolute atomic E-state index is 6.41. The Morgan fingerprint density at radius 3 is 2.62 bits per heavy atom. The van der Waals surface area contributed by atoms with Crippen LogP contribution >= 0.6 is 11.3 Å². The van der Waals surface area contributed by atoms with E-state index in [-0.39, 0.29) is 5.41 Å². The molecule has 130 valence electrons. The lowest BCUT2D eigenvalue weighted by Gasteiger charge is -2.32. The Bertz CT molecular complexity index is 744. The van der Waals surface area contributed by atoms with E-state index in [9.17, 15) is 0 Å². The predicted octanol–water partition coefficient (Wildman–Crippen LogP) is 4.17. The van der Waals surface area contributed by atoms with E-state index in [0.717, 1.165) is 30.0 Å². The minimum absolute atomic E-state index is 0.207. The van der Waals surface area contributed by atoms with Crippen molar-refractivity contribution in [2.24, 2.45) is 0 Å². The zero-order valence-corrected chi connectivity index (χ0v) is 15.9. The van der Waals surface area contributed by atoms with E-state index in [4.69, 9.17) is 4.74 Å². The molecule has 24 heavy (non-hydrogen) atoms. The van der Waals surface area contributed by atoms with Gasteiger partial charge in [0.25, 0.3) is 0 Å². The summed E-state index contributed by atoms with van der Waals surface area (Å²) in [5.74, 6) is 0.820. The number of aryl methyl sites for hydroxylation is 1. The van der Waals surface area contributed by atoms with Gasteiger partial charge < -0.3 is 9.64 Å². The van der Waals surface area contributed by atoms with Crippen molar-refractivity contribution < 1.29 is 4.74 Å². The second-order valence-corrected chi connectivity index (χ2v) is 9.24. The first-order chi connectivity index (χ1) is 11.5. The summed E-state index contributed by atoms with van der Waals surface area (Å²) in [5.41, 5.74) is 1.65. The Labute approximate surface area is 148 Å². The number of ether oxygens (including phenoxy) is 1. The molecule has 5 heteroatoms. The summed E-state index contributed by atoms with van der Waals surface area (Å²) in [6.45, 7) is 4.67. The fraction of sp³-hybridized carbons (Fsp3) is 0.684. The van der Waals surface area contributed by atoms with E-state index < -0.39 is 0 Å². The Hall–Kier alpha value is -1.20. The highest BCUT2D eigenvalue weighted by molar-refractivity contribution is 7.19. The van der Waals surface area contributed by atoms with Gasteiger partial charge in [-0.15, -0.1) is 11.3 Å². The van der Waals surface area contributed by atoms with Crippen LogP contribution in [0.1, 0.15) is 56.4 Å². The Morgan fingerprint density at radius 1 is 1.17 bits per heavy atom. The van der Waals surface area contributed by atoms with Gasteiger partial charge in [0.05, 0.1) is 5.39 Å². The van der Waals surface area contributed by atoms with Gasteiger partial charge in [-0.1, -0.05) is 13.8 Å². The van der Waals surface area contributed by atoms with Crippen molar-refractivity contribution in [2.45, 2.75) is 69.9 Å². The third kappa shape index (κ3) is 2.72. The summed E-state index contributed by atoms with van der Waals surface area (Å²) in [6, 6.07) is 0.694. The average Bonchev–Trinajstić information content (AvgIpc) is 3.06. The van der Waals surface area contributed by atoms with Crippen LogP contribution < -0.4 is 4.74 Å². The zero-order chi connectivity index (χ0) is 16.9. The second-order valence-electron chi connectivity index (χ2n) is 8.16. The van der Waals surface area contributed by atoms with Gasteiger partial charge in [0.2, 0.25) is 5.88 Å². The lowest BCUT2D eigenvalue weighted by molar-refractivity contribution is 0.108. The molecule has 0 atom stereocenters. The van der Waals surface area contributed by atoms with Crippen LogP contribution in [0.4, 0.5) is 0 Å². The van der Waals surface area contributed by atoms with Gasteiger partial charge in [-0.2, -0.15) is 0 Å². The molecule has 0 bridgehead atoms. The lowest BCUT2D eigenvalue weighted by Crippen LogP contribution is -2.35. The first kappa shape index (κ1) is 16.3. The molecule has 0 spiro atoms. The van der Waals surface area contributed by atoms with Gasteiger partial charge in [0.1, 0.15) is 17.3 Å². The quantitative estimate of drug-likeness (QED) is 0.837. The van der Waals surface area contributed by atoms with E-state index >= 15 is 0 Å². The van der Waals surface area contributed by atoms with Crippen LogP contribution in [-0.2, 0) is 11.8 Å². The largest absolute Gasteiger partial charge is 0.474 e. The summed E-state index contributed by atoms with van der Waals surface area (Å²) in [4.78, 5) is 14.0. The van der Waals surface area contributed by atoms with Crippen molar-refractivity contribution >= 4 is 21.6 Å². The number of aromatic nitrogens is 2. The van der Waals surface area contributed by atoms with Gasteiger partial charge in [0, 0.05) is 10.9 Å². The average molecular weight is 346 g/mol. The maximum Gasteiger partial charge on any atom is 0.225 e. The molecular weight excluding hydrogens is 318 g/mol. The smallest absolute Gasteiger partial charge is 0.225 e. The highest BCUT2D eigenvalue weighted by Crippen LogP contribution is 2.49. The Balaban J connectivity index is 1.62. The summed E-state index contributed by atoms with van der Waals surface area (Å²) >= 11 is 1.83. The molecule has 2 aromatic rings. The van der Waals surface area contributed by atoms with E-state index in [0.29, 0.717) is 12.1 Å². The first-order valence-electron chi connectivity index (χ1n) is 9.05. The van der Waals surface area contributed by atoms with Crippen LogP contribution in [0.3, 0.4) is 0 Å². The van der Waals surface area contributed by atoms with Crippen LogP contribution in [0.5, 0.6) is 5.88 Å². The van der Waals surface area contributed by atoms with Crippen molar-refractivity contribution in [3.8, 4) is 5.88 Å². The summed E-state index contributed by atoms with van der Waals surface area (Å²) < 4.78 is 6.41. The fourth-order valence-electron chi connectivity index (χ4n) is 4.32. The van der Waals surface area contributed by atoms with Gasteiger partial charge in [0.15, 0.2) is 0 Å². The third-order valence-electron chi connectivity index (χ3n) is 5.83. The molecule has 0 aromatic carbocycles. The number of rotatable bonds is 3. The predicted molar refractivity (Wildman–Crippen MR) is 99.1 cm³/mol. The lowest BCUT2D eigenvalue weighted by atomic mass is 9.86. The number of hydrogen-bond donors (Lipinski definition) is 0. The zero-order valence-electron chi connectivity index (χ0n) is 15.1. The molecular formula is C19H27N3OS. The molecule has 0 amide bonds. The molecule has 4 nitrogen and oxygen atoms in total. The van der Waals surface area contributed by atoms with E-state index in [1.165, 1.54) is 35.1 Å². The standard InChI is InChI=1S/C19H27N3OS/c1-19(2)10-9-14-16(19)15-17(20-11-21-18(15)24-14)23-13-7-5-12(6-8-13)22(3)4/h11-13H,5-10H2,1-4H3. The molecule has 2 aliphatic carbocycles. The number of thiophene rings is 1. The van der Waals surface area contributed by atoms with Crippen LogP contribution in [0, 0.1) is 0 Å². The highest BCUT2D eigenvalue weighted by atomic mass is 32.1. The molecule has 2 aliphatic rings. The number of hydrogen-bond acceptors (Lipinski definition) is 5. The molecule has 0 N–H and O–H groups in total.